The molecule has 0 aliphatic carbocycles. The summed E-state index contributed by atoms with van der Waals surface area (Å²) in [7, 11) is 0. The van der Waals surface area contributed by atoms with Crippen molar-refractivity contribution in [2.24, 2.45) is 0 Å². The fourth-order valence-electron chi connectivity index (χ4n) is 3.11. The van der Waals surface area contributed by atoms with E-state index in [1.165, 1.54) is 0 Å². The molecule has 4 rings (SSSR count). The summed E-state index contributed by atoms with van der Waals surface area (Å²) >= 11 is 0. The average molecular weight is 378 g/mol. The van der Waals surface area contributed by atoms with Crippen molar-refractivity contribution in [3.63, 3.8) is 0 Å². The van der Waals surface area contributed by atoms with E-state index < -0.39 is 5.97 Å². The van der Waals surface area contributed by atoms with Crippen molar-refractivity contribution in [1.29, 1.82) is 0 Å². The number of hydrogen-bond donors (Lipinski definition) is 0. The Labute approximate surface area is 169 Å². The van der Waals surface area contributed by atoms with Gasteiger partial charge < -0.3 is 4.74 Å². The van der Waals surface area contributed by atoms with E-state index in [-0.39, 0.29) is 11.3 Å². The second-order valence-corrected chi connectivity index (χ2v) is 6.52. The number of benzene rings is 4. The van der Waals surface area contributed by atoms with Crippen molar-refractivity contribution >= 4 is 11.8 Å². The number of hydrogen-bond acceptors (Lipinski definition) is 3. The molecule has 0 radical (unpaired) electrons. The molecule has 0 bridgehead atoms. The SMILES string of the molecule is O=C(Oc1ccc(-c2ccccc2)cc1)c1ccccc1C(=O)c1ccccc1. The first-order valence-electron chi connectivity index (χ1n) is 9.29. The normalized spacial score (nSPS) is 10.3. The van der Waals surface area contributed by atoms with Crippen LogP contribution in [0.5, 0.6) is 5.75 Å². The van der Waals surface area contributed by atoms with E-state index in [2.05, 4.69) is 0 Å². The maximum atomic E-state index is 12.8. The Balaban J connectivity index is 1.56. The van der Waals surface area contributed by atoms with Crippen molar-refractivity contribution in [1.82, 2.24) is 0 Å². The quantitative estimate of drug-likeness (QED) is 0.250. The summed E-state index contributed by atoms with van der Waals surface area (Å²) in [5.41, 5.74) is 3.22. The number of ether oxygens (including phenoxy) is 1. The molecule has 0 aliphatic rings. The van der Waals surface area contributed by atoms with Gasteiger partial charge in [-0.25, -0.2) is 4.79 Å². The highest BCUT2D eigenvalue weighted by molar-refractivity contribution is 6.14. The van der Waals surface area contributed by atoms with Gasteiger partial charge in [-0.05, 0) is 29.3 Å². The molecule has 0 N–H and O–H groups in total. The van der Waals surface area contributed by atoms with E-state index in [0.717, 1.165) is 11.1 Å². The molecule has 4 aromatic rings. The molecule has 3 heteroatoms. The summed E-state index contributed by atoms with van der Waals surface area (Å²) < 4.78 is 5.53. The third-order valence-electron chi connectivity index (χ3n) is 4.60. The van der Waals surface area contributed by atoms with Crippen LogP contribution >= 0.6 is 0 Å². The molecule has 0 saturated carbocycles. The molecule has 0 spiro atoms. The first kappa shape index (κ1) is 18.4. The minimum atomic E-state index is -0.558. The van der Waals surface area contributed by atoms with E-state index in [1.54, 1.807) is 60.7 Å². The van der Waals surface area contributed by atoms with Crippen LogP contribution in [0.15, 0.2) is 109 Å². The van der Waals surface area contributed by atoms with Gasteiger partial charge in [0.2, 0.25) is 0 Å². The number of ketones is 1. The molecule has 0 amide bonds. The summed E-state index contributed by atoms with van der Waals surface area (Å²) in [6, 6.07) is 32.9. The molecule has 0 unspecified atom stereocenters. The number of esters is 1. The van der Waals surface area contributed by atoms with Crippen LogP contribution in [0.25, 0.3) is 11.1 Å². The Morgan fingerprint density at radius 2 is 1.03 bits per heavy atom. The van der Waals surface area contributed by atoms with Gasteiger partial charge in [-0.2, -0.15) is 0 Å². The maximum absolute atomic E-state index is 12.8. The molecule has 0 fully saturated rings. The van der Waals surface area contributed by atoms with Crippen molar-refractivity contribution in [3.8, 4) is 16.9 Å². The van der Waals surface area contributed by atoms with Gasteiger partial charge in [0.05, 0.1) is 5.56 Å². The Kier molecular flexibility index (Phi) is 5.30. The molecule has 4 aromatic carbocycles. The lowest BCUT2D eigenvalue weighted by molar-refractivity contribution is 0.0730. The van der Waals surface area contributed by atoms with Crippen LogP contribution < -0.4 is 4.74 Å². The van der Waals surface area contributed by atoms with Crippen LogP contribution in [-0.4, -0.2) is 11.8 Å². The number of carbonyl (C=O) groups is 2. The highest BCUT2D eigenvalue weighted by Crippen LogP contribution is 2.23. The van der Waals surface area contributed by atoms with Crippen molar-refractivity contribution in [2.75, 3.05) is 0 Å². The highest BCUT2D eigenvalue weighted by atomic mass is 16.5. The molecule has 0 aliphatic heterocycles. The molecule has 0 saturated heterocycles. The predicted octanol–water partition coefficient (Wildman–Crippen LogP) is 5.80. The largest absolute Gasteiger partial charge is 0.423 e. The zero-order chi connectivity index (χ0) is 20.1. The first-order chi connectivity index (χ1) is 14.2. The minimum Gasteiger partial charge on any atom is -0.423 e. The molecular formula is C26H18O3. The summed E-state index contributed by atoms with van der Waals surface area (Å²) in [6.45, 7) is 0. The Bertz CT molecular complexity index is 1130. The van der Waals surface area contributed by atoms with Gasteiger partial charge >= 0.3 is 5.97 Å². The fraction of sp³-hybridized carbons (Fsp3) is 0. The van der Waals surface area contributed by atoms with Crippen LogP contribution in [-0.2, 0) is 0 Å². The second kappa shape index (κ2) is 8.36. The lowest BCUT2D eigenvalue weighted by atomic mass is 9.98. The fourth-order valence-corrected chi connectivity index (χ4v) is 3.11. The highest BCUT2D eigenvalue weighted by Gasteiger charge is 2.19. The summed E-state index contributed by atoms with van der Waals surface area (Å²) in [6.07, 6.45) is 0. The number of carbonyl (C=O) groups excluding carboxylic acids is 2. The van der Waals surface area contributed by atoms with Crippen molar-refractivity contribution in [2.45, 2.75) is 0 Å². The third-order valence-corrected chi connectivity index (χ3v) is 4.60. The van der Waals surface area contributed by atoms with Gasteiger partial charge in [0.15, 0.2) is 5.78 Å². The van der Waals surface area contributed by atoms with Crippen molar-refractivity contribution < 1.29 is 14.3 Å². The topological polar surface area (TPSA) is 43.4 Å². The van der Waals surface area contributed by atoms with E-state index in [4.69, 9.17) is 4.74 Å². The molecule has 0 atom stereocenters. The average Bonchev–Trinajstić information content (AvgIpc) is 2.80. The molecule has 29 heavy (non-hydrogen) atoms. The smallest absolute Gasteiger partial charge is 0.344 e. The zero-order valence-corrected chi connectivity index (χ0v) is 15.6. The van der Waals surface area contributed by atoms with Crippen LogP contribution in [0.3, 0.4) is 0 Å². The summed E-state index contributed by atoms with van der Waals surface area (Å²) in [5, 5.41) is 0. The minimum absolute atomic E-state index is 0.211. The van der Waals surface area contributed by atoms with Gasteiger partial charge in [-0.15, -0.1) is 0 Å². The van der Waals surface area contributed by atoms with E-state index in [9.17, 15) is 9.59 Å². The second-order valence-electron chi connectivity index (χ2n) is 6.52. The monoisotopic (exact) mass is 378 g/mol. The standard InChI is InChI=1S/C26H18O3/c27-25(21-11-5-2-6-12-21)23-13-7-8-14-24(23)26(28)29-22-17-15-20(16-18-22)19-9-3-1-4-10-19/h1-18H. The Morgan fingerprint density at radius 3 is 1.69 bits per heavy atom. The molecule has 140 valence electrons. The lowest BCUT2D eigenvalue weighted by Crippen LogP contribution is -2.14. The molecule has 3 nitrogen and oxygen atoms in total. The van der Waals surface area contributed by atoms with Crippen LogP contribution in [0, 0.1) is 0 Å². The molecule has 0 heterocycles. The van der Waals surface area contributed by atoms with E-state index in [1.807, 2.05) is 48.5 Å². The van der Waals surface area contributed by atoms with Crippen molar-refractivity contribution in [3.05, 3.63) is 126 Å². The molecule has 0 aromatic heterocycles. The van der Waals surface area contributed by atoms with Gasteiger partial charge in [0, 0.05) is 11.1 Å². The summed E-state index contributed by atoms with van der Waals surface area (Å²) in [5.74, 6) is -0.341. The molecular weight excluding hydrogens is 360 g/mol. The lowest BCUT2D eigenvalue weighted by Gasteiger charge is -2.09. The first-order valence-corrected chi connectivity index (χ1v) is 9.29. The van der Waals surface area contributed by atoms with Gasteiger partial charge in [-0.3, -0.25) is 4.79 Å². The van der Waals surface area contributed by atoms with Gasteiger partial charge in [0.1, 0.15) is 5.75 Å². The zero-order valence-electron chi connectivity index (χ0n) is 15.6. The maximum Gasteiger partial charge on any atom is 0.344 e. The van der Waals surface area contributed by atoms with E-state index >= 15 is 0 Å². The van der Waals surface area contributed by atoms with Crippen LogP contribution in [0.4, 0.5) is 0 Å². The van der Waals surface area contributed by atoms with Gasteiger partial charge in [0.25, 0.3) is 0 Å². The Morgan fingerprint density at radius 1 is 0.517 bits per heavy atom. The third kappa shape index (κ3) is 4.14. The van der Waals surface area contributed by atoms with Crippen LogP contribution in [0.1, 0.15) is 26.3 Å². The van der Waals surface area contributed by atoms with Gasteiger partial charge in [-0.1, -0.05) is 91.0 Å². The van der Waals surface area contributed by atoms with E-state index in [0.29, 0.717) is 16.9 Å². The predicted molar refractivity (Wildman–Crippen MR) is 113 cm³/mol. The van der Waals surface area contributed by atoms with Crippen LogP contribution in [0.2, 0.25) is 0 Å². The Hall–Kier alpha value is -3.98. The summed E-state index contributed by atoms with van der Waals surface area (Å²) in [4.78, 5) is 25.6. The number of rotatable bonds is 5.